The number of rotatable bonds is 5. The quantitative estimate of drug-likeness (QED) is 0.875. The van der Waals surface area contributed by atoms with Gasteiger partial charge in [0.2, 0.25) is 0 Å². The van der Waals surface area contributed by atoms with Crippen LogP contribution in [0.3, 0.4) is 0 Å². The molecule has 1 aromatic carbocycles. The van der Waals surface area contributed by atoms with Gasteiger partial charge in [-0.1, -0.05) is 30.3 Å². The molecule has 1 heterocycles. The smallest absolute Gasteiger partial charge is 0.303 e. The second kappa shape index (κ2) is 5.96. The second-order valence-electron chi connectivity index (χ2n) is 4.21. The number of pyridine rings is 1. The van der Waals surface area contributed by atoms with Crippen molar-refractivity contribution in [1.29, 1.82) is 0 Å². The highest BCUT2D eigenvalue weighted by molar-refractivity contribution is 5.67. The van der Waals surface area contributed by atoms with Crippen LogP contribution in [-0.4, -0.2) is 16.1 Å². The van der Waals surface area contributed by atoms with Crippen molar-refractivity contribution >= 4 is 5.97 Å². The van der Waals surface area contributed by atoms with Gasteiger partial charge in [0.25, 0.3) is 0 Å². The Morgan fingerprint density at radius 1 is 1.06 bits per heavy atom. The average molecular weight is 241 g/mol. The van der Waals surface area contributed by atoms with Gasteiger partial charge in [0.05, 0.1) is 0 Å². The van der Waals surface area contributed by atoms with Gasteiger partial charge in [-0.05, 0) is 29.7 Å². The Morgan fingerprint density at radius 3 is 2.39 bits per heavy atom. The molecule has 0 atom stereocenters. The lowest BCUT2D eigenvalue weighted by molar-refractivity contribution is -0.136. The van der Waals surface area contributed by atoms with Crippen molar-refractivity contribution in [2.45, 2.75) is 19.3 Å². The van der Waals surface area contributed by atoms with Crippen LogP contribution in [-0.2, 0) is 17.6 Å². The standard InChI is InChI=1S/C15H15NO2/c17-15(18)9-8-12-4-6-13(7-5-12)11-14-3-1-2-10-16-14/h1-7,10H,8-9,11H2,(H,17,18). The van der Waals surface area contributed by atoms with E-state index in [0.29, 0.717) is 6.42 Å². The van der Waals surface area contributed by atoms with E-state index in [2.05, 4.69) is 4.98 Å². The van der Waals surface area contributed by atoms with E-state index in [1.54, 1.807) is 6.20 Å². The fourth-order valence-electron chi connectivity index (χ4n) is 1.79. The number of aliphatic carboxylic acids is 1. The molecule has 92 valence electrons. The van der Waals surface area contributed by atoms with Crippen LogP contribution >= 0.6 is 0 Å². The monoisotopic (exact) mass is 241 g/mol. The Hall–Kier alpha value is -2.16. The lowest BCUT2D eigenvalue weighted by Crippen LogP contribution is -1.97. The summed E-state index contributed by atoms with van der Waals surface area (Å²) in [4.78, 5) is 14.8. The highest BCUT2D eigenvalue weighted by Gasteiger charge is 2.00. The summed E-state index contributed by atoms with van der Waals surface area (Å²) in [5.41, 5.74) is 3.28. The molecule has 1 N–H and O–H groups in total. The van der Waals surface area contributed by atoms with Crippen molar-refractivity contribution < 1.29 is 9.90 Å². The first kappa shape index (κ1) is 12.3. The molecular weight excluding hydrogens is 226 g/mol. The molecule has 0 spiro atoms. The second-order valence-corrected chi connectivity index (χ2v) is 4.21. The molecule has 1 aromatic heterocycles. The predicted molar refractivity (Wildman–Crippen MR) is 69.4 cm³/mol. The van der Waals surface area contributed by atoms with Gasteiger partial charge in [-0.25, -0.2) is 0 Å². The minimum atomic E-state index is -0.757. The minimum Gasteiger partial charge on any atom is -0.481 e. The zero-order valence-electron chi connectivity index (χ0n) is 10.0. The Balaban J connectivity index is 1.97. The number of aryl methyl sites for hydroxylation is 1. The number of nitrogens with zero attached hydrogens (tertiary/aromatic N) is 1. The largest absolute Gasteiger partial charge is 0.481 e. The minimum absolute atomic E-state index is 0.180. The summed E-state index contributed by atoms with van der Waals surface area (Å²) in [5, 5.41) is 8.62. The van der Waals surface area contributed by atoms with Gasteiger partial charge in [-0.3, -0.25) is 9.78 Å². The zero-order chi connectivity index (χ0) is 12.8. The van der Waals surface area contributed by atoms with E-state index >= 15 is 0 Å². The lowest BCUT2D eigenvalue weighted by atomic mass is 10.0. The molecule has 2 aromatic rings. The molecule has 0 amide bonds. The van der Waals surface area contributed by atoms with Crippen LogP contribution < -0.4 is 0 Å². The molecule has 0 saturated heterocycles. The van der Waals surface area contributed by atoms with Crippen molar-refractivity contribution in [3.05, 3.63) is 65.5 Å². The highest BCUT2D eigenvalue weighted by atomic mass is 16.4. The molecular formula is C15H15NO2. The third kappa shape index (κ3) is 3.70. The first-order valence-electron chi connectivity index (χ1n) is 5.93. The summed E-state index contributed by atoms with van der Waals surface area (Å²) in [7, 11) is 0. The maximum atomic E-state index is 10.5. The topological polar surface area (TPSA) is 50.2 Å². The molecule has 0 saturated carbocycles. The maximum absolute atomic E-state index is 10.5. The van der Waals surface area contributed by atoms with Crippen molar-refractivity contribution in [1.82, 2.24) is 4.98 Å². The highest BCUT2D eigenvalue weighted by Crippen LogP contribution is 2.10. The van der Waals surface area contributed by atoms with Crippen LogP contribution in [0.1, 0.15) is 23.2 Å². The SMILES string of the molecule is O=C(O)CCc1ccc(Cc2ccccn2)cc1. The van der Waals surface area contributed by atoms with E-state index in [9.17, 15) is 4.79 Å². The van der Waals surface area contributed by atoms with Crippen molar-refractivity contribution in [2.75, 3.05) is 0 Å². The predicted octanol–water partition coefficient (Wildman–Crippen LogP) is 2.69. The van der Waals surface area contributed by atoms with Gasteiger partial charge in [-0.2, -0.15) is 0 Å². The third-order valence-corrected chi connectivity index (χ3v) is 2.76. The summed E-state index contributed by atoms with van der Waals surface area (Å²) in [5.74, 6) is -0.757. The number of carbonyl (C=O) groups is 1. The number of benzene rings is 1. The van der Waals surface area contributed by atoms with E-state index < -0.39 is 5.97 Å². The van der Waals surface area contributed by atoms with Crippen LogP contribution in [0.2, 0.25) is 0 Å². The van der Waals surface area contributed by atoms with Crippen molar-refractivity contribution in [3.63, 3.8) is 0 Å². The summed E-state index contributed by atoms with van der Waals surface area (Å²) >= 11 is 0. The third-order valence-electron chi connectivity index (χ3n) is 2.76. The summed E-state index contributed by atoms with van der Waals surface area (Å²) in [6, 6.07) is 13.9. The Labute approximate surface area is 106 Å². The van der Waals surface area contributed by atoms with E-state index in [1.807, 2.05) is 42.5 Å². The van der Waals surface area contributed by atoms with Gasteiger partial charge in [-0.15, -0.1) is 0 Å². The molecule has 18 heavy (non-hydrogen) atoms. The Morgan fingerprint density at radius 2 is 1.78 bits per heavy atom. The number of hydrogen-bond acceptors (Lipinski definition) is 2. The maximum Gasteiger partial charge on any atom is 0.303 e. The van der Waals surface area contributed by atoms with Crippen LogP contribution in [0.15, 0.2) is 48.7 Å². The van der Waals surface area contributed by atoms with Crippen molar-refractivity contribution in [2.24, 2.45) is 0 Å². The molecule has 0 unspecified atom stereocenters. The number of carboxylic acids is 1. The molecule has 0 aliphatic carbocycles. The average Bonchev–Trinajstić information content (AvgIpc) is 2.39. The van der Waals surface area contributed by atoms with Crippen LogP contribution in [0.5, 0.6) is 0 Å². The first-order chi connectivity index (χ1) is 8.74. The normalized spacial score (nSPS) is 10.2. The fourth-order valence-corrected chi connectivity index (χ4v) is 1.79. The fraction of sp³-hybridized carbons (Fsp3) is 0.200. The van der Waals surface area contributed by atoms with Gasteiger partial charge in [0, 0.05) is 24.7 Å². The van der Waals surface area contributed by atoms with E-state index in [1.165, 1.54) is 5.56 Å². The number of carboxylic acid groups (broad SMARTS) is 1. The van der Waals surface area contributed by atoms with E-state index in [0.717, 1.165) is 17.7 Å². The number of hydrogen-bond donors (Lipinski definition) is 1. The molecule has 2 rings (SSSR count). The molecule has 0 aliphatic heterocycles. The molecule has 0 fully saturated rings. The van der Waals surface area contributed by atoms with Gasteiger partial charge in [0.1, 0.15) is 0 Å². The van der Waals surface area contributed by atoms with Gasteiger partial charge < -0.3 is 5.11 Å². The van der Waals surface area contributed by atoms with E-state index in [4.69, 9.17) is 5.11 Å². The summed E-state index contributed by atoms with van der Waals surface area (Å²) in [6.45, 7) is 0. The molecule has 3 heteroatoms. The molecule has 0 aliphatic rings. The van der Waals surface area contributed by atoms with Gasteiger partial charge >= 0.3 is 5.97 Å². The summed E-state index contributed by atoms with van der Waals surface area (Å²) in [6.07, 6.45) is 3.36. The van der Waals surface area contributed by atoms with E-state index in [-0.39, 0.29) is 6.42 Å². The molecule has 0 radical (unpaired) electrons. The number of aromatic nitrogens is 1. The van der Waals surface area contributed by atoms with Crippen LogP contribution in [0.4, 0.5) is 0 Å². The zero-order valence-corrected chi connectivity index (χ0v) is 10.0. The molecule has 0 bridgehead atoms. The first-order valence-corrected chi connectivity index (χ1v) is 5.93. The van der Waals surface area contributed by atoms with Crippen molar-refractivity contribution in [3.8, 4) is 0 Å². The van der Waals surface area contributed by atoms with Gasteiger partial charge in [0.15, 0.2) is 0 Å². The molecule has 3 nitrogen and oxygen atoms in total. The lowest BCUT2D eigenvalue weighted by Gasteiger charge is -2.03. The van der Waals surface area contributed by atoms with Crippen LogP contribution in [0.25, 0.3) is 0 Å². The Kier molecular flexibility index (Phi) is 4.07. The van der Waals surface area contributed by atoms with Crippen LogP contribution in [0, 0.1) is 0 Å². The summed E-state index contributed by atoms with van der Waals surface area (Å²) < 4.78 is 0. The Bertz CT molecular complexity index is 506.